The van der Waals surface area contributed by atoms with Crippen molar-refractivity contribution >= 4 is 33.9 Å². The topological polar surface area (TPSA) is 117 Å². The molecule has 8 nitrogen and oxygen atoms in total. The zero-order valence-electron chi connectivity index (χ0n) is 14.6. The van der Waals surface area contributed by atoms with Gasteiger partial charge in [-0.3, -0.25) is 9.59 Å². The number of pyridine rings is 1. The highest BCUT2D eigenvalue weighted by atomic mass is 16.2. The summed E-state index contributed by atoms with van der Waals surface area (Å²) in [5.74, 6) is -0.459. The molecule has 27 heavy (non-hydrogen) atoms. The van der Waals surface area contributed by atoms with E-state index in [0.717, 1.165) is 16.5 Å². The Labute approximate surface area is 154 Å². The largest absolute Gasteiger partial charge is 0.354 e. The van der Waals surface area contributed by atoms with E-state index in [-0.39, 0.29) is 11.8 Å². The fraction of sp³-hybridized carbons (Fsp3) is 0.105. The molecule has 0 spiro atoms. The van der Waals surface area contributed by atoms with Crippen LogP contribution in [0.15, 0.2) is 48.8 Å². The van der Waals surface area contributed by atoms with Gasteiger partial charge in [0, 0.05) is 36.4 Å². The number of carbonyl (C=O) groups excluding carboxylic acids is 2. The van der Waals surface area contributed by atoms with Gasteiger partial charge < -0.3 is 21.4 Å². The minimum absolute atomic E-state index is 0.196. The fourth-order valence-electron chi connectivity index (χ4n) is 2.99. The molecule has 0 bridgehead atoms. The van der Waals surface area contributed by atoms with Gasteiger partial charge in [-0.2, -0.15) is 5.10 Å². The Morgan fingerprint density at radius 2 is 2.04 bits per heavy atom. The third-order valence-electron chi connectivity index (χ3n) is 4.42. The summed E-state index contributed by atoms with van der Waals surface area (Å²) >= 11 is 0. The number of fused-ring (bicyclic) bond motifs is 2. The first-order chi connectivity index (χ1) is 13.1. The normalized spacial score (nSPS) is 11.0. The van der Waals surface area contributed by atoms with Crippen LogP contribution in [0.1, 0.15) is 26.4 Å². The first-order valence-corrected chi connectivity index (χ1v) is 8.41. The summed E-state index contributed by atoms with van der Waals surface area (Å²) in [5.41, 5.74) is 9.68. The summed E-state index contributed by atoms with van der Waals surface area (Å²) in [5, 5.41) is 10.5. The van der Waals surface area contributed by atoms with Crippen molar-refractivity contribution in [2.24, 2.45) is 5.73 Å². The van der Waals surface area contributed by atoms with Crippen molar-refractivity contribution in [2.75, 3.05) is 12.4 Å². The Hall–Kier alpha value is -3.65. The van der Waals surface area contributed by atoms with Crippen LogP contribution in [-0.2, 0) is 6.54 Å². The Bertz CT molecular complexity index is 1170. The molecule has 5 N–H and O–H groups in total. The van der Waals surface area contributed by atoms with Gasteiger partial charge in [0.2, 0.25) is 0 Å². The standard InChI is InChI=1S/C19H18N6O2/c1-21-19(27)16-8-12-7-13(2-3-15(12)24-16)23-18(26)14-10-22-25-5-4-11(9-20)6-17(14)25/h2-8,10,24H,9,20H2,1H3,(H,21,27)(H,23,26). The molecule has 4 rings (SSSR count). The van der Waals surface area contributed by atoms with Gasteiger partial charge in [-0.1, -0.05) is 0 Å². The molecule has 3 aromatic heterocycles. The van der Waals surface area contributed by atoms with Crippen molar-refractivity contribution in [1.29, 1.82) is 0 Å². The molecular weight excluding hydrogens is 344 g/mol. The lowest BCUT2D eigenvalue weighted by Crippen LogP contribution is -2.17. The lowest BCUT2D eigenvalue weighted by atomic mass is 10.2. The number of hydrogen-bond acceptors (Lipinski definition) is 4. The van der Waals surface area contributed by atoms with E-state index in [4.69, 9.17) is 5.73 Å². The number of aromatic nitrogens is 3. The second-order valence-corrected chi connectivity index (χ2v) is 6.15. The Kier molecular flexibility index (Phi) is 4.09. The van der Waals surface area contributed by atoms with Gasteiger partial charge >= 0.3 is 0 Å². The quantitative estimate of drug-likeness (QED) is 0.443. The van der Waals surface area contributed by atoms with Crippen LogP contribution in [0.4, 0.5) is 5.69 Å². The van der Waals surface area contributed by atoms with Crippen LogP contribution in [0.25, 0.3) is 16.4 Å². The van der Waals surface area contributed by atoms with Crippen LogP contribution in [-0.4, -0.2) is 33.5 Å². The van der Waals surface area contributed by atoms with Crippen LogP contribution >= 0.6 is 0 Å². The lowest BCUT2D eigenvalue weighted by Gasteiger charge is -2.05. The highest BCUT2D eigenvalue weighted by molar-refractivity contribution is 6.09. The molecule has 0 fully saturated rings. The number of benzene rings is 1. The zero-order chi connectivity index (χ0) is 19.0. The van der Waals surface area contributed by atoms with Gasteiger partial charge in [0.05, 0.1) is 17.3 Å². The van der Waals surface area contributed by atoms with Gasteiger partial charge in [0.15, 0.2) is 0 Å². The van der Waals surface area contributed by atoms with E-state index in [2.05, 4.69) is 20.7 Å². The first kappa shape index (κ1) is 16.8. The molecule has 0 atom stereocenters. The first-order valence-electron chi connectivity index (χ1n) is 8.41. The highest BCUT2D eigenvalue weighted by Gasteiger charge is 2.14. The van der Waals surface area contributed by atoms with Crippen molar-refractivity contribution in [3.8, 4) is 0 Å². The Morgan fingerprint density at radius 1 is 1.19 bits per heavy atom. The van der Waals surface area contributed by atoms with E-state index in [0.29, 0.717) is 29.0 Å². The fourth-order valence-corrected chi connectivity index (χ4v) is 2.99. The molecule has 8 heteroatoms. The molecule has 1 aromatic carbocycles. The Balaban J connectivity index is 1.63. The van der Waals surface area contributed by atoms with Gasteiger partial charge in [0.25, 0.3) is 11.8 Å². The van der Waals surface area contributed by atoms with Gasteiger partial charge in [-0.25, -0.2) is 4.52 Å². The number of nitrogens with two attached hydrogens (primary N) is 1. The number of nitrogens with one attached hydrogen (secondary N) is 3. The van der Waals surface area contributed by atoms with Crippen LogP contribution in [0.3, 0.4) is 0 Å². The molecule has 0 unspecified atom stereocenters. The molecule has 3 heterocycles. The van der Waals surface area contributed by atoms with Crippen LogP contribution in [0.5, 0.6) is 0 Å². The van der Waals surface area contributed by atoms with Gasteiger partial charge in [-0.15, -0.1) is 0 Å². The molecule has 4 aromatic rings. The highest BCUT2D eigenvalue weighted by Crippen LogP contribution is 2.21. The molecular formula is C19H18N6O2. The van der Waals surface area contributed by atoms with Crippen LogP contribution in [0, 0.1) is 0 Å². The van der Waals surface area contributed by atoms with Crippen molar-refractivity contribution in [2.45, 2.75) is 6.54 Å². The van der Waals surface area contributed by atoms with Crippen molar-refractivity contribution < 1.29 is 9.59 Å². The number of hydrogen-bond donors (Lipinski definition) is 4. The molecule has 0 radical (unpaired) electrons. The molecule has 0 saturated carbocycles. The molecule has 0 aliphatic carbocycles. The second kappa shape index (κ2) is 6.58. The third-order valence-corrected chi connectivity index (χ3v) is 4.42. The summed E-state index contributed by atoms with van der Waals surface area (Å²) in [6.07, 6.45) is 3.31. The molecule has 136 valence electrons. The number of nitrogens with zero attached hydrogens (tertiary/aromatic N) is 2. The summed E-state index contributed by atoms with van der Waals surface area (Å²) in [6, 6.07) is 10.9. The number of rotatable bonds is 4. The molecule has 0 aliphatic rings. The minimum Gasteiger partial charge on any atom is -0.354 e. The van der Waals surface area contributed by atoms with E-state index in [9.17, 15) is 9.59 Å². The summed E-state index contributed by atoms with van der Waals surface area (Å²) in [4.78, 5) is 27.5. The number of anilines is 1. The van der Waals surface area contributed by atoms with Crippen molar-refractivity contribution in [1.82, 2.24) is 19.9 Å². The van der Waals surface area contributed by atoms with Gasteiger partial charge in [-0.05, 0) is 42.0 Å². The second-order valence-electron chi connectivity index (χ2n) is 6.15. The average molecular weight is 362 g/mol. The van der Waals surface area contributed by atoms with Crippen LogP contribution in [0.2, 0.25) is 0 Å². The molecule has 2 amide bonds. The zero-order valence-corrected chi connectivity index (χ0v) is 14.6. The van der Waals surface area contributed by atoms with Gasteiger partial charge in [0.1, 0.15) is 5.69 Å². The molecule has 0 aliphatic heterocycles. The van der Waals surface area contributed by atoms with E-state index < -0.39 is 0 Å². The summed E-state index contributed by atoms with van der Waals surface area (Å²) in [7, 11) is 1.58. The number of aromatic amines is 1. The van der Waals surface area contributed by atoms with E-state index in [1.54, 1.807) is 29.9 Å². The third kappa shape index (κ3) is 3.02. The average Bonchev–Trinajstić information content (AvgIpc) is 3.30. The maximum Gasteiger partial charge on any atom is 0.267 e. The predicted octanol–water partition coefficient (Wildman–Crippen LogP) is 1.89. The predicted molar refractivity (Wildman–Crippen MR) is 103 cm³/mol. The number of carbonyl (C=O) groups is 2. The number of amides is 2. The van der Waals surface area contributed by atoms with Crippen LogP contribution < -0.4 is 16.4 Å². The maximum absolute atomic E-state index is 12.7. The summed E-state index contributed by atoms with van der Waals surface area (Å²) in [6.45, 7) is 0.389. The molecule has 0 saturated heterocycles. The van der Waals surface area contributed by atoms with E-state index in [1.807, 2.05) is 24.3 Å². The monoisotopic (exact) mass is 362 g/mol. The Morgan fingerprint density at radius 3 is 2.81 bits per heavy atom. The van der Waals surface area contributed by atoms with E-state index >= 15 is 0 Å². The lowest BCUT2D eigenvalue weighted by molar-refractivity contribution is 0.0958. The number of H-pyrrole nitrogens is 1. The minimum atomic E-state index is -0.263. The van der Waals surface area contributed by atoms with Crippen molar-refractivity contribution in [3.63, 3.8) is 0 Å². The smallest absolute Gasteiger partial charge is 0.267 e. The summed E-state index contributed by atoms with van der Waals surface area (Å²) < 4.78 is 1.64. The SMILES string of the molecule is CNC(=O)c1cc2cc(NC(=O)c3cnn4ccc(CN)cc34)ccc2[nH]1. The van der Waals surface area contributed by atoms with E-state index in [1.165, 1.54) is 6.20 Å². The van der Waals surface area contributed by atoms with Crippen molar-refractivity contribution in [3.05, 3.63) is 65.6 Å². The maximum atomic E-state index is 12.7.